The maximum absolute atomic E-state index is 11.6. The molecule has 0 aliphatic carbocycles. The largest absolute Gasteiger partial charge is 0.387 e. The first-order valence-corrected chi connectivity index (χ1v) is 4.81. The summed E-state index contributed by atoms with van der Waals surface area (Å²) in [4.78, 5) is 11.6. The molecule has 80 valence electrons. The summed E-state index contributed by atoms with van der Waals surface area (Å²) in [7, 11) is 0. The smallest absolute Gasteiger partial charge is 0.251 e. The minimum atomic E-state index is -0.724. The van der Waals surface area contributed by atoms with E-state index in [2.05, 4.69) is 11.9 Å². The average molecular weight is 205 g/mol. The maximum atomic E-state index is 11.6. The zero-order chi connectivity index (χ0) is 11.3. The third kappa shape index (κ3) is 3.22. The summed E-state index contributed by atoms with van der Waals surface area (Å²) in [5.41, 5.74) is 0.584. The highest BCUT2D eigenvalue weighted by atomic mass is 16.3. The molecule has 0 spiro atoms. The lowest BCUT2D eigenvalue weighted by Gasteiger charge is -2.16. The van der Waals surface area contributed by atoms with Gasteiger partial charge in [0.05, 0.1) is 12.1 Å². The Morgan fingerprint density at radius 1 is 1.47 bits per heavy atom. The van der Waals surface area contributed by atoms with E-state index in [0.717, 1.165) is 0 Å². The van der Waals surface area contributed by atoms with Gasteiger partial charge < -0.3 is 10.4 Å². The first kappa shape index (κ1) is 11.5. The van der Waals surface area contributed by atoms with Gasteiger partial charge in [-0.2, -0.15) is 0 Å². The lowest BCUT2D eigenvalue weighted by Crippen LogP contribution is -2.40. The quantitative estimate of drug-likeness (QED) is 0.729. The van der Waals surface area contributed by atoms with Crippen molar-refractivity contribution in [2.24, 2.45) is 0 Å². The van der Waals surface area contributed by atoms with Gasteiger partial charge in [-0.1, -0.05) is 24.3 Å². The van der Waals surface area contributed by atoms with E-state index in [1.165, 1.54) is 6.08 Å². The van der Waals surface area contributed by atoms with E-state index in [1.54, 1.807) is 31.2 Å². The van der Waals surface area contributed by atoms with Gasteiger partial charge in [-0.25, -0.2) is 0 Å². The monoisotopic (exact) mass is 205 g/mol. The number of benzene rings is 1. The molecule has 1 rings (SSSR count). The molecule has 2 N–H and O–H groups in total. The van der Waals surface area contributed by atoms with Crippen molar-refractivity contribution in [3.05, 3.63) is 48.6 Å². The minimum absolute atomic E-state index is 0.191. The van der Waals surface area contributed by atoms with Crippen LogP contribution in [0.2, 0.25) is 0 Å². The maximum Gasteiger partial charge on any atom is 0.251 e. The van der Waals surface area contributed by atoms with Crippen LogP contribution in [-0.2, 0) is 0 Å². The first-order valence-electron chi connectivity index (χ1n) is 4.81. The number of hydrogen-bond acceptors (Lipinski definition) is 2. The molecule has 0 unspecified atom stereocenters. The summed E-state index contributed by atoms with van der Waals surface area (Å²) in [6, 6.07) is 8.55. The van der Waals surface area contributed by atoms with Crippen LogP contribution in [0.5, 0.6) is 0 Å². The summed E-state index contributed by atoms with van der Waals surface area (Å²) in [5.74, 6) is -0.191. The van der Waals surface area contributed by atoms with Crippen molar-refractivity contribution in [3.63, 3.8) is 0 Å². The Balaban J connectivity index is 2.60. The van der Waals surface area contributed by atoms with Gasteiger partial charge in [-0.05, 0) is 19.1 Å². The number of aliphatic hydroxyl groups is 1. The Kier molecular flexibility index (Phi) is 4.06. The summed E-state index contributed by atoms with van der Waals surface area (Å²) in [6.45, 7) is 5.19. The fourth-order valence-electron chi connectivity index (χ4n) is 1.17. The van der Waals surface area contributed by atoms with E-state index in [-0.39, 0.29) is 11.9 Å². The van der Waals surface area contributed by atoms with Crippen LogP contribution in [0.25, 0.3) is 0 Å². The van der Waals surface area contributed by atoms with Crippen LogP contribution >= 0.6 is 0 Å². The number of carbonyl (C=O) groups excluding carboxylic acids is 1. The minimum Gasteiger partial charge on any atom is -0.387 e. The molecular weight excluding hydrogens is 190 g/mol. The molecule has 0 saturated carbocycles. The van der Waals surface area contributed by atoms with Gasteiger partial charge >= 0.3 is 0 Å². The highest BCUT2D eigenvalue weighted by molar-refractivity contribution is 5.94. The summed E-state index contributed by atoms with van der Waals surface area (Å²) in [5, 5.41) is 12.1. The van der Waals surface area contributed by atoms with Crippen molar-refractivity contribution in [2.45, 2.75) is 19.1 Å². The first-order chi connectivity index (χ1) is 7.15. The molecule has 0 radical (unpaired) electrons. The van der Waals surface area contributed by atoms with Crippen molar-refractivity contribution in [1.29, 1.82) is 0 Å². The molecule has 1 aromatic carbocycles. The number of nitrogens with one attached hydrogen (secondary N) is 1. The van der Waals surface area contributed by atoms with Crippen molar-refractivity contribution in [1.82, 2.24) is 5.32 Å². The molecule has 15 heavy (non-hydrogen) atoms. The third-order valence-corrected chi connectivity index (χ3v) is 2.15. The molecule has 0 aromatic heterocycles. The van der Waals surface area contributed by atoms with Crippen LogP contribution in [0.15, 0.2) is 43.0 Å². The Hall–Kier alpha value is -1.61. The summed E-state index contributed by atoms with van der Waals surface area (Å²) in [6.07, 6.45) is 0.674. The molecule has 1 aromatic rings. The zero-order valence-corrected chi connectivity index (χ0v) is 8.68. The second-order valence-corrected chi connectivity index (χ2v) is 3.35. The molecule has 0 bridgehead atoms. The van der Waals surface area contributed by atoms with Gasteiger partial charge in [-0.15, -0.1) is 6.58 Å². The topological polar surface area (TPSA) is 49.3 Å². The second kappa shape index (κ2) is 5.32. The van der Waals surface area contributed by atoms with Gasteiger partial charge in [0.15, 0.2) is 0 Å². The van der Waals surface area contributed by atoms with E-state index in [0.29, 0.717) is 5.56 Å². The molecule has 0 aliphatic rings. The average Bonchev–Trinajstić information content (AvgIpc) is 2.29. The normalized spacial score (nSPS) is 14.0. The lowest BCUT2D eigenvalue weighted by molar-refractivity contribution is 0.0895. The molecule has 0 aliphatic heterocycles. The van der Waals surface area contributed by atoms with Crippen molar-refractivity contribution in [2.75, 3.05) is 0 Å². The zero-order valence-electron chi connectivity index (χ0n) is 8.68. The van der Waals surface area contributed by atoms with Crippen LogP contribution < -0.4 is 5.32 Å². The number of aliphatic hydroxyl groups excluding tert-OH is 1. The fourth-order valence-corrected chi connectivity index (χ4v) is 1.17. The summed E-state index contributed by atoms with van der Waals surface area (Å²) >= 11 is 0. The van der Waals surface area contributed by atoms with Gasteiger partial charge in [-0.3, -0.25) is 4.79 Å². The Morgan fingerprint density at radius 2 is 2.07 bits per heavy atom. The van der Waals surface area contributed by atoms with E-state index in [9.17, 15) is 9.90 Å². The van der Waals surface area contributed by atoms with Crippen LogP contribution in [0.4, 0.5) is 0 Å². The van der Waals surface area contributed by atoms with Crippen LogP contribution in [0, 0.1) is 0 Å². The number of amides is 1. The van der Waals surface area contributed by atoms with Crippen LogP contribution in [0.3, 0.4) is 0 Å². The second-order valence-electron chi connectivity index (χ2n) is 3.35. The Morgan fingerprint density at radius 3 is 2.60 bits per heavy atom. The predicted octanol–water partition coefficient (Wildman–Crippen LogP) is 1.35. The SMILES string of the molecule is C=C[C@H](O)[C@H](C)NC(=O)c1ccccc1. The standard InChI is InChI=1S/C12H15NO2/c1-3-11(14)9(2)13-12(15)10-7-5-4-6-8-10/h3-9,11,14H,1H2,2H3,(H,13,15)/t9-,11-/m0/s1. The molecule has 0 saturated heterocycles. The highest BCUT2D eigenvalue weighted by Crippen LogP contribution is 2.00. The van der Waals surface area contributed by atoms with Crippen molar-refractivity contribution < 1.29 is 9.90 Å². The van der Waals surface area contributed by atoms with E-state index in [4.69, 9.17) is 0 Å². The van der Waals surface area contributed by atoms with Gasteiger partial charge in [0.25, 0.3) is 5.91 Å². The Bertz CT molecular complexity index is 335. The fraction of sp³-hybridized carbons (Fsp3) is 0.250. The van der Waals surface area contributed by atoms with Gasteiger partial charge in [0, 0.05) is 5.56 Å². The summed E-state index contributed by atoms with van der Waals surface area (Å²) < 4.78 is 0. The molecular formula is C12H15NO2. The van der Waals surface area contributed by atoms with Crippen LogP contribution in [0.1, 0.15) is 17.3 Å². The molecule has 0 heterocycles. The van der Waals surface area contributed by atoms with Crippen molar-refractivity contribution >= 4 is 5.91 Å². The molecule has 3 nitrogen and oxygen atoms in total. The van der Waals surface area contributed by atoms with Crippen molar-refractivity contribution in [3.8, 4) is 0 Å². The number of carbonyl (C=O) groups is 1. The number of hydrogen-bond donors (Lipinski definition) is 2. The van der Waals surface area contributed by atoms with E-state index < -0.39 is 6.10 Å². The molecule has 1 amide bonds. The van der Waals surface area contributed by atoms with E-state index in [1.807, 2.05) is 6.07 Å². The lowest BCUT2D eigenvalue weighted by atomic mass is 10.1. The van der Waals surface area contributed by atoms with Crippen LogP contribution in [-0.4, -0.2) is 23.2 Å². The molecule has 2 atom stereocenters. The van der Waals surface area contributed by atoms with Gasteiger partial charge in [0.2, 0.25) is 0 Å². The third-order valence-electron chi connectivity index (χ3n) is 2.15. The molecule has 3 heteroatoms. The Labute approximate surface area is 89.4 Å². The van der Waals surface area contributed by atoms with Gasteiger partial charge in [0.1, 0.15) is 0 Å². The predicted molar refractivity (Wildman–Crippen MR) is 59.6 cm³/mol. The highest BCUT2D eigenvalue weighted by Gasteiger charge is 2.13. The number of rotatable bonds is 4. The molecule has 0 fully saturated rings. The van der Waals surface area contributed by atoms with E-state index >= 15 is 0 Å².